The van der Waals surface area contributed by atoms with Crippen LogP contribution in [0, 0.1) is 0 Å². The zero-order valence-electron chi connectivity index (χ0n) is 14.4. The lowest BCUT2D eigenvalue weighted by Gasteiger charge is -2.36. The minimum atomic E-state index is -0.260. The number of amides is 2. The van der Waals surface area contributed by atoms with Crippen LogP contribution in [0.1, 0.15) is 12.0 Å². The van der Waals surface area contributed by atoms with Gasteiger partial charge in [0.05, 0.1) is 0 Å². The SMILES string of the molecule is O=C(CC(=O)N1CCN(c2cccc(Cl)c2)CC1)NCc1ccncc1. The highest BCUT2D eigenvalue weighted by Gasteiger charge is 2.23. The maximum absolute atomic E-state index is 12.3. The van der Waals surface area contributed by atoms with Crippen LogP contribution in [0.15, 0.2) is 48.8 Å². The Morgan fingerprint density at radius 1 is 1.08 bits per heavy atom. The van der Waals surface area contributed by atoms with Crippen LogP contribution < -0.4 is 10.2 Å². The number of pyridine rings is 1. The third kappa shape index (κ3) is 4.95. The molecule has 2 aromatic rings. The van der Waals surface area contributed by atoms with Crippen LogP contribution in [-0.4, -0.2) is 47.9 Å². The molecule has 6 nitrogen and oxygen atoms in total. The maximum atomic E-state index is 12.3. The molecule has 1 N–H and O–H groups in total. The molecule has 0 saturated carbocycles. The van der Waals surface area contributed by atoms with Crippen molar-refractivity contribution in [2.24, 2.45) is 0 Å². The molecule has 0 aliphatic carbocycles. The molecule has 3 rings (SSSR count). The molecule has 0 radical (unpaired) electrons. The Balaban J connectivity index is 1.44. The zero-order valence-corrected chi connectivity index (χ0v) is 15.2. The minimum Gasteiger partial charge on any atom is -0.368 e. The summed E-state index contributed by atoms with van der Waals surface area (Å²) in [5.74, 6) is -0.396. The standard InChI is InChI=1S/C19H21ClN4O2/c20-16-2-1-3-17(12-16)23-8-10-24(11-9-23)19(26)13-18(25)22-14-15-4-6-21-7-5-15/h1-7,12H,8-11,13-14H2,(H,22,25). The molecule has 1 saturated heterocycles. The summed E-state index contributed by atoms with van der Waals surface area (Å²) < 4.78 is 0. The molecule has 26 heavy (non-hydrogen) atoms. The van der Waals surface area contributed by atoms with Gasteiger partial charge in [0.1, 0.15) is 6.42 Å². The van der Waals surface area contributed by atoms with E-state index in [1.54, 1.807) is 17.3 Å². The summed E-state index contributed by atoms with van der Waals surface area (Å²) in [7, 11) is 0. The summed E-state index contributed by atoms with van der Waals surface area (Å²) in [6.07, 6.45) is 3.22. The molecule has 1 fully saturated rings. The summed E-state index contributed by atoms with van der Waals surface area (Å²) in [5, 5.41) is 3.47. The van der Waals surface area contributed by atoms with Crippen molar-refractivity contribution in [1.82, 2.24) is 15.2 Å². The van der Waals surface area contributed by atoms with Gasteiger partial charge in [-0.3, -0.25) is 14.6 Å². The molecule has 0 unspecified atom stereocenters. The molecular formula is C19H21ClN4O2. The van der Waals surface area contributed by atoms with Crippen LogP contribution in [0.5, 0.6) is 0 Å². The van der Waals surface area contributed by atoms with Crippen LogP contribution in [0.2, 0.25) is 5.02 Å². The average Bonchev–Trinajstić information content (AvgIpc) is 2.67. The quantitative estimate of drug-likeness (QED) is 0.816. The highest BCUT2D eigenvalue weighted by Crippen LogP contribution is 2.20. The van der Waals surface area contributed by atoms with E-state index in [2.05, 4.69) is 15.2 Å². The van der Waals surface area contributed by atoms with E-state index in [4.69, 9.17) is 11.6 Å². The molecule has 136 valence electrons. The molecule has 0 atom stereocenters. The predicted molar refractivity (Wildman–Crippen MR) is 101 cm³/mol. The van der Waals surface area contributed by atoms with Gasteiger partial charge >= 0.3 is 0 Å². The van der Waals surface area contributed by atoms with E-state index >= 15 is 0 Å². The number of anilines is 1. The lowest BCUT2D eigenvalue weighted by molar-refractivity contribution is -0.136. The molecular weight excluding hydrogens is 352 g/mol. The van der Waals surface area contributed by atoms with Crippen LogP contribution in [0.4, 0.5) is 5.69 Å². The number of benzene rings is 1. The summed E-state index contributed by atoms with van der Waals surface area (Å²) in [6.45, 7) is 3.05. The van der Waals surface area contributed by atoms with Gasteiger partial charge in [-0.2, -0.15) is 0 Å². The molecule has 1 aromatic carbocycles. The average molecular weight is 373 g/mol. The maximum Gasteiger partial charge on any atom is 0.232 e. The molecule has 1 aromatic heterocycles. The summed E-state index contributed by atoms with van der Waals surface area (Å²) in [4.78, 5) is 32.2. The number of nitrogens with one attached hydrogen (secondary N) is 1. The summed E-state index contributed by atoms with van der Waals surface area (Å²) in [5.41, 5.74) is 2.01. The van der Waals surface area contributed by atoms with Gasteiger partial charge < -0.3 is 15.1 Å². The first kappa shape index (κ1) is 18.2. The minimum absolute atomic E-state index is 0.123. The number of piperazine rings is 1. The lowest BCUT2D eigenvalue weighted by Crippen LogP contribution is -2.49. The molecule has 2 heterocycles. The fraction of sp³-hybridized carbons (Fsp3) is 0.316. The van der Waals surface area contributed by atoms with E-state index in [0.29, 0.717) is 24.7 Å². The largest absolute Gasteiger partial charge is 0.368 e. The molecule has 0 bridgehead atoms. The Labute approximate surface area is 157 Å². The van der Waals surface area contributed by atoms with Crippen molar-refractivity contribution in [3.63, 3.8) is 0 Å². The second-order valence-electron chi connectivity index (χ2n) is 6.16. The first-order valence-corrected chi connectivity index (χ1v) is 8.93. The molecule has 1 aliphatic heterocycles. The Hall–Kier alpha value is -2.60. The highest BCUT2D eigenvalue weighted by atomic mass is 35.5. The number of hydrogen-bond acceptors (Lipinski definition) is 4. The fourth-order valence-electron chi connectivity index (χ4n) is 2.90. The number of hydrogen-bond donors (Lipinski definition) is 1. The summed E-state index contributed by atoms with van der Waals surface area (Å²) in [6, 6.07) is 11.4. The predicted octanol–water partition coefficient (Wildman–Crippen LogP) is 2.09. The van der Waals surface area contributed by atoms with Gasteiger partial charge in [0.2, 0.25) is 11.8 Å². The van der Waals surface area contributed by atoms with Crippen LogP contribution in [0.3, 0.4) is 0 Å². The van der Waals surface area contributed by atoms with E-state index < -0.39 is 0 Å². The van der Waals surface area contributed by atoms with Crippen LogP contribution >= 0.6 is 11.6 Å². The van der Waals surface area contributed by atoms with Gasteiger partial charge in [-0.25, -0.2) is 0 Å². The first-order valence-electron chi connectivity index (χ1n) is 8.56. The number of carbonyl (C=O) groups is 2. The van der Waals surface area contributed by atoms with Gasteiger partial charge in [0, 0.05) is 55.8 Å². The number of nitrogens with zero attached hydrogens (tertiary/aromatic N) is 3. The van der Waals surface area contributed by atoms with Crippen LogP contribution in [-0.2, 0) is 16.1 Å². The van der Waals surface area contributed by atoms with Gasteiger partial charge in [-0.15, -0.1) is 0 Å². The number of aromatic nitrogens is 1. The molecule has 7 heteroatoms. The first-order chi connectivity index (χ1) is 12.6. The van der Waals surface area contributed by atoms with E-state index in [9.17, 15) is 9.59 Å². The number of rotatable bonds is 5. The Morgan fingerprint density at radius 3 is 2.50 bits per heavy atom. The smallest absolute Gasteiger partial charge is 0.232 e. The topological polar surface area (TPSA) is 65.5 Å². The molecule has 1 aliphatic rings. The highest BCUT2D eigenvalue weighted by molar-refractivity contribution is 6.30. The Bertz CT molecular complexity index is 761. The monoisotopic (exact) mass is 372 g/mol. The molecule has 0 spiro atoms. The second kappa shape index (κ2) is 8.67. The van der Waals surface area contributed by atoms with E-state index in [1.165, 1.54) is 0 Å². The summed E-state index contributed by atoms with van der Waals surface area (Å²) >= 11 is 6.04. The van der Waals surface area contributed by atoms with E-state index in [-0.39, 0.29) is 18.2 Å². The second-order valence-corrected chi connectivity index (χ2v) is 6.59. The van der Waals surface area contributed by atoms with Crippen molar-refractivity contribution in [3.05, 3.63) is 59.4 Å². The zero-order chi connectivity index (χ0) is 18.4. The number of halogens is 1. The Kier molecular flexibility index (Phi) is 6.07. The number of carbonyl (C=O) groups excluding carboxylic acids is 2. The van der Waals surface area contributed by atoms with Crippen molar-refractivity contribution in [3.8, 4) is 0 Å². The Morgan fingerprint density at radius 2 is 1.81 bits per heavy atom. The van der Waals surface area contributed by atoms with Crippen molar-refractivity contribution in [1.29, 1.82) is 0 Å². The van der Waals surface area contributed by atoms with Crippen molar-refractivity contribution < 1.29 is 9.59 Å². The van der Waals surface area contributed by atoms with Gasteiger partial charge in [-0.1, -0.05) is 17.7 Å². The lowest BCUT2D eigenvalue weighted by atomic mass is 10.2. The van der Waals surface area contributed by atoms with Gasteiger partial charge in [-0.05, 0) is 35.9 Å². The van der Waals surface area contributed by atoms with E-state index in [0.717, 1.165) is 24.3 Å². The van der Waals surface area contributed by atoms with Gasteiger partial charge in [0.25, 0.3) is 0 Å². The molecule has 2 amide bonds. The van der Waals surface area contributed by atoms with Crippen molar-refractivity contribution >= 4 is 29.1 Å². The van der Waals surface area contributed by atoms with Gasteiger partial charge in [0.15, 0.2) is 0 Å². The van der Waals surface area contributed by atoms with Crippen molar-refractivity contribution in [2.45, 2.75) is 13.0 Å². The van der Waals surface area contributed by atoms with Crippen LogP contribution in [0.25, 0.3) is 0 Å². The fourth-order valence-corrected chi connectivity index (χ4v) is 3.08. The third-order valence-electron chi connectivity index (χ3n) is 4.36. The normalized spacial score (nSPS) is 14.2. The van der Waals surface area contributed by atoms with Crippen molar-refractivity contribution in [2.75, 3.05) is 31.1 Å². The third-order valence-corrected chi connectivity index (χ3v) is 4.59. The van der Waals surface area contributed by atoms with E-state index in [1.807, 2.05) is 36.4 Å².